The summed E-state index contributed by atoms with van der Waals surface area (Å²) in [5, 5.41) is 10.4. The van der Waals surface area contributed by atoms with Crippen LogP contribution in [0.25, 0.3) is 11.3 Å². The second-order valence-electron chi connectivity index (χ2n) is 3.43. The first-order chi connectivity index (χ1) is 7.70. The SMILES string of the molecule is CNC(=O)c1ccc(-c2cn(C)nn2)cc1. The van der Waals surface area contributed by atoms with Gasteiger partial charge < -0.3 is 5.32 Å². The topological polar surface area (TPSA) is 59.8 Å². The van der Waals surface area contributed by atoms with Crippen LogP contribution >= 0.6 is 0 Å². The lowest BCUT2D eigenvalue weighted by Gasteiger charge is -2.00. The average molecular weight is 216 g/mol. The average Bonchev–Trinajstić information content (AvgIpc) is 2.75. The molecule has 1 aromatic carbocycles. The Hall–Kier alpha value is -2.17. The largest absolute Gasteiger partial charge is 0.355 e. The summed E-state index contributed by atoms with van der Waals surface area (Å²) in [7, 11) is 3.42. The molecule has 0 unspecified atom stereocenters. The summed E-state index contributed by atoms with van der Waals surface area (Å²) < 4.78 is 1.64. The first kappa shape index (κ1) is 10.4. The number of amides is 1. The van der Waals surface area contributed by atoms with Gasteiger partial charge in [0, 0.05) is 25.2 Å². The Bertz CT molecular complexity index is 501. The molecular formula is C11H12N4O. The van der Waals surface area contributed by atoms with E-state index in [0.717, 1.165) is 11.3 Å². The molecule has 0 atom stereocenters. The molecule has 1 amide bonds. The quantitative estimate of drug-likeness (QED) is 0.809. The van der Waals surface area contributed by atoms with Crippen LogP contribution in [0.15, 0.2) is 30.5 Å². The highest BCUT2D eigenvalue weighted by molar-refractivity contribution is 5.94. The summed E-state index contributed by atoms with van der Waals surface area (Å²) in [5.74, 6) is -0.0919. The summed E-state index contributed by atoms with van der Waals surface area (Å²) in [6.45, 7) is 0. The number of rotatable bonds is 2. The zero-order valence-corrected chi connectivity index (χ0v) is 9.14. The van der Waals surface area contributed by atoms with Gasteiger partial charge >= 0.3 is 0 Å². The predicted molar refractivity (Wildman–Crippen MR) is 59.8 cm³/mol. The lowest BCUT2D eigenvalue weighted by atomic mass is 10.1. The third-order valence-electron chi connectivity index (χ3n) is 2.27. The first-order valence-corrected chi connectivity index (χ1v) is 4.89. The van der Waals surface area contributed by atoms with Crippen LogP contribution in [0.1, 0.15) is 10.4 Å². The summed E-state index contributed by atoms with van der Waals surface area (Å²) in [4.78, 5) is 11.3. The van der Waals surface area contributed by atoms with E-state index in [9.17, 15) is 4.79 Å². The highest BCUT2D eigenvalue weighted by atomic mass is 16.1. The molecular weight excluding hydrogens is 204 g/mol. The monoisotopic (exact) mass is 216 g/mol. The molecule has 5 heteroatoms. The van der Waals surface area contributed by atoms with Gasteiger partial charge in [0.15, 0.2) is 0 Å². The first-order valence-electron chi connectivity index (χ1n) is 4.89. The number of nitrogens with one attached hydrogen (secondary N) is 1. The van der Waals surface area contributed by atoms with Crippen LogP contribution in [0.3, 0.4) is 0 Å². The van der Waals surface area contributed by atoms with Gasteiger partial charge in [0.1, 0.15) is 5.69 Å². The van der Waals surface area contributed by atoms with Gasteiger partial charge in [-0.25, -0.2) is 0 Å². The smallest absolute Gasteiger partial charge is 0.251 e. The Morgan fingerprint density at radius 3 is 2.50 bits per heavy atom. The van der Waals surface area contributed by atoms with E-state index in [-0.39, 0.29) is 5.91 Å². The van der Waals surface area contributed by atoms with Crippen molar-refractivity contribution in [1.82, 2.24) is 20.3 Å². The lowest BCUT2D eigenvalue weighted by Crippen LogP contribution is -2.17. The summed E-state index contributed by atoms with van der Waals surface area (Å²) in [5.41, 5.74) is 2.38. The molecule has 1 heterocycles. The van der Waals surface area contributed by atoms with Crippen LogP contribution in [0, 0.1) is 0 Å². The maximum atomic E-state index is 11.3. The Labute approximate surface area is 93.1 Å². The van der Waals surface area contributed by atoms with E-state index in [1.54, 1.807) is 23.9 Å². The fourth-order valence-electron chi connectivity index (χ4n) is 1.42. The van der Waals surface area contributed by atoms with Crippen LogP contribution in [0.2, 0.25) is 0 Å². The molecule has 0 bridgehead atoms. The highest BCUT2D eigenvalue weighted by Gasteiger charge is 2.05. The number of nitrogens with zero attached hydrogens (tertiary/aromatic N) is 3. The highest BCUT2D eigenvalue weighted by Crippen LogP contribution is 2.16. The molecule has 0 radical (unpaired) electrons. The zero-order chi connectivity index (χ0) is 11.5. The molecule has 2 aromatic rings. The molecule has 0 saturated carbocycles. The molecule has 1 N–H and O–H groups in total. The maximum Gasteiger partial charge on any atom is 0.251 e. The van der Waals surface area contributed by atoms with E-state index < -0.39 is 0 Å². The Morgan fingerprint density at radius 2 is 2.00 bits per heavy atom. The van der Waals surface area contributed by atoms with Crippen LogP contribution in [-0.4, -0.2) is 27.9 Å². The third-order valence-corrected chi connectivity index (χ3v) is 2.27. The van der Waals surface area contributed by atoms with Crippen molar-refractivity contribution < 1.29 is 4.79 Å². The fraction of sp³-hybridized carbons (Fsp3) is 0.182. The van der Waals surface area contributed by atoms with Crippen LogP contribution < -0.4 is 5.32 Å². The van der Waals surface area contributed by atoms with Gasteiger partial charge in [-0.15, -0.1) is 5.10 Å². The van der Waals surface area contributed by atoms with Crippen molar-refractivity contribution in [3.63, 3.8) is 0 Å². The summed E-state index contributed by atoms with van der Waals surface area (Å²) in [6.07, 6.45) is 1.83. The molecule has 16 heavy (non-hydrogen) atoms. The number of hydrogen-bond donors (Lipinski definition) is 1. The summed E-state index contributed by atoms with van der Waals surface area (Å²) >= 11 is 0. The minimum atomic E-state index is -0.0919. The maximum absolute atomic E-state index is 11.3. The minimum absolute atomic E-state index is 0.0919. The zero-order valence-electron chi connectivity index (χ0n) is 9.14. The van der Waals surface area contributed by atoms with Gasteiger partial charge in [-0.1, -0.05) is 17.3 Å². The van der Waals surface area contributed by atoms with Gasteiger partial charge in [0.2, 0.25) is 0 Å². The van der Waals surface area contributed by atoms with E-state index in [1.165, 1.54) is 0 Å². The molecule has 0 saturated heterocycles. The molecule has 2 rings (SSSR count). The molecule has 0 spiro atoms. The number of aryl methyl sites for hydroxylation is 1. The van der Waals surface area contributed by atoms with Crippen molar-refractivity contribution in [2.75, 3.05) is 7.05 Å². The van der Waals surface area contributed by atoms with E-state index in [4.69, 9.17) is 0 Å². The van der Waals surface area contributed by atoms with Gasteiger partial charge in [-0.05, 0) is 12.1 Å². The molecule has 0 aliphatic rings. The molecule has 5 nitrogen and oxygen atoms in total. The normalized spacial score (nSPS) is 10.1. The Morgan fingerprint density at radius 1 is 1.31 bits per heavy atom. The Kier molecular flexibility index (Phi) is 2.68. The van der Waals surface area contributed by atoms with Crippen molar-refractivity contribution in [2.24, 2.45) is 7.05 Å². The summed E-state index contributed by atoms with van der Waals surface area (Å²) in [6, 6.07) is 7.24. The Balaban J connectivity index is 2.29. The minimum Gasteiger partial charge on any atom is -0.355 e. The van der Waals surface area contributed by atoms with Gasteiger partial charge in [-0.3, -0.25) is 9.48 Å². The number of aromatic nitrogens is 3. The number of benzene rings is 1. The number of carbonyl (C=O) groups excluding carboxylic acids is 1. The van der Waals surface area contributed by atoms with Crippen molar-refractivity contribution in [2.45, 2.75) is 0 Å². The van der Waals surface area contributed by atoms with Crippen molar-refractivity contribution >= 4 is 5.91 Å². The van der Waals surface area contributed by atoms with Gasteiger partial charge in [0.05, 0.1) is 6.20 Å². The van der Waals surface area contributed by atoms with Crippen molar-refractivity contribution in [3.8, 4) is 11.3 Å². The predicted octanol–water partition coefficient (Wildman–Crippen LogP) is 0.842. The molecule has 0 aliphatic heterocycles. The van der Waals surface area contributed by atoms with Gasteiger partial charge in [-0.2, -0.15) is 0 Å². The molecule has 0 fully saturated rings. The van der Waals surface area contributed by atoms with Crippen LogP contribution in [0.5, 0.6) is 0 Å². The second-order valence-corrected chi connectivity index (χ2v) is 3.43. The van der Waals surface area contributed by atoms with Crippen LogP contribution in [0.4, 0.5) is 0 Å². The van der Waals surface area contributed by atoms with Gasteiger partial charge in [0.25, 0.3) is 5.91 Å². The van der Waals surface area contributed by atoms with Crippen molar-refractivity contribution in [3.05, 3.63) is 36.0 Å². The number of hydrogen-bond acceptors (Lipinski definition) is 3. The standard InChI is InChI=1S/C11H12N4O/c1-12-11(16)9-5-3-8(4-6-9)10-7-15(2)14-13-10/h3-7H,1-2H3,(H,12,16). The van der Waals surface area contributed by atoms with Crippen molar-refractivity contribution in [1.29, 1.82) is 0 Å². The van der Waals surface area contributed by atoms with E-state index in [0.29, 0.717) is 5.56 Å². The second kappa shape index (κ2) is 4.14. The number of carbonyl (C=O) groups is 1. The fourth-order valence-corrected chi connectivity index (χ4v) is 1.42. The van der Waals surface area contributed by atoms with E-state index in [2.05, 4.69) is 15.6 Å². The van der Waals surface area contributed by atoms with E-state index >= 15 is 0 Å². The molecule has 1 aromatic heterocycles. The third kappa shape index (κ3) is 1.93. The van der Waals surface area contributed by atoms with E-state index in [1.807, 2.05) is 25.4 Å². The lowest BCUT2D eigenvalue weighted by molar-refractivity contribution is 0.0963. The van der Waals surface area contributed by atoms with Crippen LogP contribution in [-0.2, 0) is 7.05 Å². The molecule has 82 valence electrons. The molecule has 0 aliphatic carbocycles.